The molecule has 0 radical (unpaired) electrons. The molecule has 0 aliphatic rings. The molecule has 138 valence electrons. The lowest BCUT2D eigenvalue weighted by molar-refractivity contribution is -0.384. The Balaban J connectivity index is 2.25. The fourth-order valence-electron chi connectivity index (χ4n) is 2.07. The van der Waals surface area contributed by atoms with Gasteiger partial charge in [-0.25, -0.2) is 0 Å². The Morgan fingerprint density at radius 1 is 1.11 bits per heavy atom. The summed E-state index contributed by atoms with van der Waals surface area (Å²) in [5, 5.41) is 16.4. The van der Waals surface area contributed by atoms with Crippen LogP contribution in [0.25, 0.3) is 6.08 Å². The van der Waals surface area contributed by atoms with Crippen molar-refractivity contribution in [2.45, 2.75) is 0 Å². The van der Waals surface area contributed by atoms with Gasteiger partial charge in [-0.3, -0.25) is 19.7 Å². The molecule has 0 spiro atoms. The Morgan fingerprint density at radius 3 is 2.30 bits per heavy atom. The third-order valence-electron chi connectivity index (χ3n) is 3.42. The maximum Gasteiger partial charge on any atom is 0.269 e. The zero-order valence-corrected chi connectivity index (χ0v) is 14.9. The van der Waals surface area contributed by atoms with Crippen molar-refractivity contribution in [3.05, 3.63) is 93.1 Å². The zero-order chi connectivity index (χ0) is 19.8. The van der Waals surface area contributed by atoms with E-state index in [-0.39, 0.29) is 23.5 Å². The lowest BCUT2D eigenvalue weighted by atomic mass is 10.1. The molecule has 2 rings (SSSR count). The third kappa shape index (κ3) is 5.79. The van der Waals surface area contributed by atoms with Gasteiger partial charge in [0.15, 0.2) is 0 Å². The molecule has 8 heteroatoms. The first kappa shape index (κ1) is 19.9. The molecular weight excluding hydrogens is 370 g/mol. The van der Waals surface area contributed by atoms with Crippen molar-refractivity contribution in [3.8, 4) is 0 Å². The monoisotopic (exact) mass is 385 g/mol. The van der Waals surface area contributed by atoms with E-state index >= 15 is 0 Å². The summed E-state index contributed by atoms with van der Waals surface area (Å²) in [5.74, 6) is -1.07. The number of nitro benzene ring substituents is 1. The minimum atomic E-state index is -0.570. The number of nitrogens with one attached hydrogen (secondary N) is 2. The molecular formula is C19H16ClN3O4. The number of hydrogen-bond donors (Lipinski definition) is 2. The number of nitrogens with zero attached hydrogens (tertiary/aromatic N) is 1. The minimum Gasteiger partial charge on any atom is -0.347 e. The predicted molar refractivity (Wildman–Crippen MR) is 103 cm³/mol. The summed E-state index contributed by atoms with van der Waals surface area (Å²) in [4.78, 5) is 34.9. The average Bonchev–Trinajstić information content (AvgIpc) is 2.67. The van der Waals surface area contributed by atoms with Crippen LogP contribution in [-0.2, 0) is 4.79 Å². The molecule has 0 saturated carbocycles. The van der Waals surface area contributed by atoms with Gasteiger partial charge >= 0.3 is 0 Å². The quantitative estimate of drug-likeness (QED) is 0.330. The van der Waals surface area contributed by atoms with Gasteiger partial charge in [0.2, 0.25) is 0 Å². The lowest BCUT2D eigenvalue weighted by Crippen LogP contribution is -2.34. The fraction of sp³-hybridized carbons (Fsp3) is 0.0526. The summed E-state index contributed by atoms with van der Waals surface area (Å²) in [6.45, 7) is 3.75. The van der Waals surface area contributed by atoms with Gasteiger partial charge < -0.3 is 10.6 Å². The summed E-state index contributed by atoms with van der Waals surface area (Å²) in [6, 6.07) is 11.8. The van der Waals surface area contributed by atoms with Crippen molar-refractivity contribution in [3.63, 3.8) is 0 Å². The van der Waals surface area contributed by atoms with Crippen LogP contribution in [0.15, 0.2) is 66.9 Å². The summed E-state index contributed by atoms with van der Waals surface area (Å²) in [5.41, 5.74) is 0.723. The summed E-state index contributed by atoms with van der Waals surface area (Å²) < 4.78 is 0. The van der Waals surface area contributed by atoms with Gasteiger partial charge in [-0.1, -0.05) is 29.8 Å². The molecule has 0 heterocycles. The molecule has 7 nitrogen and oxygen atoms in total. The van der Waals surface area contributed by atoms with E-state index in [4.69, 9.17) is 11.6 Å². The largest absolute Gasteiger partial charge is 0.347 e. The maximum atomic E-state index is 12.4. The molecule has 0 aliphatic heterocycles. The molecule has 0 atom stereocenters. The zero-order valence-electron chi connectivity index (χ0n) is 14.1. The molecule has 0 aliphatic carbocycles. The lowest BCUT2D eigenvalue weighted by Gasteiger charge is -2.10. The number of carbonyl (C=O) groups is 2. The summed E-state index contributed by atoms with van der Waals surface area (Å²) >= 11 is 5.85. The molecule has 2 amide bonds. The van der Waals surface area contributed by atoms with E-state index < -0.39 is 16.7 Å². The molecule has 27 heavy (non-hydrogen) atoms. The topological polar surface area (TPSA) is 101 Å². The van der Waals surface area contributed by atoms with Crippen molar-refractivity contribution < 1.29 is 14.5 Å². The van der Waals surface area contributed by atoms with Gasteiger partial charge in [0.1, 0.15) is 5.70 Å². The molecule has 2 aromatic rings. The Bertz CT molecular complexity index is 890. The average molecular weight is 386 g/mol. The number of nitro groups is 1. The highest BCUT2D eigenvalue weighted by molar-refractivity contribution is 6.30. The van der Waals surface area contributed by atoms with E-state index in [0.29, 0.717) is 10.6 Å². The van der Waals surface area contributed by atoms with Crippen LogP contribution in [0.2, 0.25) is 5.02 Å². The van der Waals surface area contributed by atoms with Gasteiger partial charge in [-0.05, 0) is 35.9 Å². The van der Waals surface area contributed by atoms with Crippen LogP contribution in [0.4, 0.5) is 5.69 Å². The van der Waals surface area contributed by atoms with Crippen LogP contribution in [0.1, 0.15) is 15.9 Å². The number of non-ortho nitro benzene ring substituents is 1. The van der Waals surface area contributed by atoms with E-state index in [9.17, 15) is 19.7 Å². The van der Waals surface area contributed by atoms with Crippen LogP contribution >= 0.6 is 11.6 Å². The Morgan fingerprint density at radius 2 is 1.74 bits per heavy atom. The van der Waals surface area contributed by atoms with Crippen molar-refractivity contribution >= 4 is 35.2 Å². The van der Waals surface area contributed by atoms with Gasteiger partial charge in [-0.2, -0.15) is 0 Å². The Kier molecular flexibility index (Phi) is 6.85. The van der Waals surface area contributed by atoms with E-state index in [2.05, 4.69) is 17.2 Å². The highest BCUT2D eigenvalue weighted by Gasteiger charge is 2.15. The van der Waals surface area contributed by atoms with E-state index in [1.54, 1.807) is 24.3 Å². The van der Waals surface area contributed by atoms with Crippen LogP contribution in [0.3, 0.4) is 0 Å². The second kappa shape index (κ2) is 9.30. The van der Waals surface area contributed by atoms with Gasteiger partial charge in [0.25, 0.3) is 17.5 Å². The number of carbonyl (C=O) groups excluding carboxylic acids is 2. The smallest absolute Gasteiger partial charge is 0.269 e. The second-order valence-corrected chi connectivity index (χ2v) is 5.80. The van der Waals surface area contributed by atoms with Gasteiger partial charge in [0, 0.05) is 29.3 Å². The molecule has 0 saturated heterocycles. The summed E-state index contributed by atoms with van der Waals surface area (Å²) in [6.07, 6.45) is 3.01. The molecule has 0 unspecified atom stereocenters. The molecule has 0 bridgehead atoms. The normalized spacial score (nSPS) is 10.8. The number of rotatable bonds is 7. The van der Waals surface area contributed by atoms with Crippen LogP contribution in [0, 0.1) is 10.1 Å². The Labute approximate surface area is 160 Å². The first-order valence-corrected chi connectivity index (χ1v) is 8.20. The van der Waals surface area contributed by atoms with E-state index in [1.165, 1.54) is 36.4 Å². The van der Waals surface area contributed by atoms with E-state index in [0.717, 1.165) is 0 Å². The van der Waals surface area contributed by atoms with Crippen LogP contribution in [0.5, 0.6) is 0 Å². The number of amides is 2. The number of benzene rings is 2. The number of hydrogen-bond acceptors (Lipinski definition) is 4. The van der Waals surface area contributed by atoms with Gasteiger partial charge in [-0.15, -0.1) is 6.58 Å². The van der Waals surface area contributed by atoms with Gasteiger partial charge in [0.05, 0.1) is 4.92 Å². The maximum absolute atomic E-state index is 12.4. The van der Waals surface area contributed by atoms with Crippen molar-refractivity contribution in [1.29, 1.82) is 0 Å². The first-order chi connectivity index (χ1) is 12.9. The third-order valence-corrected chi connectivity index (χ3v) is 3.67. The Hall–Kier alpha value is -3.45. The minimum absolute atomic E-state index is 0.0162. The van der Waals surface area contributed by atoms with E-state index in [1.807, 2.05) is 0 Å². The first-order valence-electron chi connectivity index (χ1n) is 7.83. The molecule has 2 N–H and O–H groups in total. The summed E-state index contributed by atoms with van der Waals surface area (Å²) in [7, 11) is 0. The standard InChI is InChI=1S/C19H16ClN3O4/c1-2-11-21-19(25)17(12-13-3-7-15(20)8-4-13)22-18(24)14-5-9-16(10-6-14)23(26)27/h2-10,12H,1,11H2,(H,21,25)(H,22,24)/b17-12+. The number of halogens is 1. The molecule has 0 aromatic heterocycles. The highest BCUT2D eigenvalue weighted by Crippen LogP contribution is 2.14. The highest BCUT2D eigenvalue weighted by atomic mass is 35.5. The van der Waals surface area contributed by atoms with Crippen molar-refractivity contribution in [1.82, 2.24) is 10.6 Å². The van der Waals surface area contributed by atoms with Crippen molar-refractivity contribution in [2.24, 2.45) is 0 Å². The van der Waals surface area contributed by atoms with Crippen LogP contribution in [-0.4, -0.2) is 23.3 Å². The SMILES string of the molecule is C=CCNC(=O)/C(=C\c1ccc(Cl)cc1)NC(=O)c1ccc([N+](=O)[O-])cc1. The van der Waals surface area contributed by atoms with Crippen LogP contribution < -0.4 is 10.6 Å². The molecule has 2 aromatic carbocycles. The van der Waals surface area contributed by atoms with Crippen molar-refractivity contribution in [2.75, 3.05) is 6.54 Å². The fourth-order valence-corrected chi connectivity index (χ4v) is 2.20. The second-order valence-electron chi connectivity index (χ2n) is 5.37. The predicted octanol–water partition coefficient (Wildman–Crippen LogP) is 3.32. The molecule has 0 fully saturated rings.